The predicted molar refractivity (Wildman–Crippen MR) is 85.4 cm³/mol. The van der Waals surface area contributed by atoms with Crippen molar-refractivity contribution >= 4 is 31.6 Å². The molecule has 0 aromatic heterocycles. The molecule has 0 spiro atoms. The smallest absolute Gasteiger partial charge is 0.233 e. The van der Waals surface area contributed by atoms with Crippen molar-refractivity contribution in [1.29, 1.82) is 0 Å². The van der Waals surface area contributed by atoms with Crippen LogP contribution in [-0.4, -0.2) is 19.5 Å². The molecule has 0 unspecified atom stereocenters. The molecular weight excluding hydrogens is 326 g/mol. The fourth-order valence-electron chi connectivity index (χ4n) is 1.85. The lowest BCUT2D eigenvalue weighted by molar-refractivity contribution is 0.463. The number of rotatable bonds is 6. The van der Waals surface area contributed by atoms with Gasteiger partial charge in [-0.15, -0.1) is 0 Å². The lowest BCUT2D eigenvalue weighted by Gasteiger charge is -2.19. The molecule has 3 nitrogen and oxygen atoms in total. The van der Waals surface area contributed by atoms with Crippen molar-refractivity contribution in [3.05, 3.63) is 29.8 Å². The first-order valence-corrected chi connectivity index (χ1v) is 9.15. The van der Waals surface area contributed by atoms with E-state index in [9.17, 15) is 8.42 Å². The number of hydrogen-bond donors (Lipinski definition) is 1. The average molecular weight is 348 g/mol. The third-order valence-corrected chi connectivity index (χ3v) is 4.78. The lowest BCUT2D eigenvalue weighted by atomic mass is 10.0. The van der Waals surface area contributed by atoms with Gasteiger partial charge in [-0.25, -0.2) is 8.42 Å². The van der Waals surface area contributed by atoms with Crippen LogP contribution in [0.15, 0.2) is 24.3 Å². The van der Waals surface area contributed by atoms with Crippen LogP contribution in [0.1, 0.15) is 32.8 Å². The molecule has 5 heteroatoms. The minimum absolute atomic E-state index is 0.117. The second kappa shape index (κ2) is 6.75. The number of nitrogens with one attached hydrogen (secondary N) is 1. The average Bonchev–Trinajstić information content (AvgIpc) is 2.22. The molecule has 0 bridgehead atoms. The van der Waals surface area contributed by atoms with Crippen LogP contribution in [0.3, 0.4) is 0 Å². The van der Waals surface area contributed by atoms with Crippen LogP contribution in [0.2, 0.25) is 0 Å². The standard InChI is InChI=1S/C14H22BrNO2S/c1-14(2,3)11-19(17,18)16-13-8-4-6-12(10-13)7-5-9-15/h4,6,8,10,16H,5,7,9,11H2,1-3H3. The molecule has 0 amide bonds. The predicted octanol–water partition coefficient (Wildman–Crippen LogP) is 3.80. The fraction of sp³-hybridized carbons (Fsp3) is 0.571. The molecule has 1 aromatic carbocycles. The number of alkyl halides is 1. The minimum atomic E-state index is -3.29. The fourth-order valence-corrected chi connectivity index (χ4v) is 3.83. The molecular formula is C14H22BrNO2S. The summed E-state index contributed by atoms with van der Waals surface area (Å²) in [5.41, 5.74) is 1.55. The highest BCUT2D eigenvalue weighted by atomic mass is 79.9. The van der Waals surface area contributed by atoms with Crippen molar-refractivity contribution in [3.8, 4) is 0 Å². The zero-order valence-corrected chi connectivity index (χ0v) is 14.1. The molecule has 108 valence electrons. The van der Waals surface area contributed by atoms with E-state index < -0.39 is 10.0 Å². The monoisotopic (exact) mass is 347 g/mol. The first-order chi connectivity index (χ1) is 8.72. The van der Waals surface area contributed by atoms with E-state index in [1.807, 2.05) is 39.0 Å². The van der Waals surface area contributed by atoms with Gasteiger partial charge in [0.1, 0.15) is 0 Å². The molecule has 0 aliphatic carbocycles. The molecule has 1 rings (SSSR count). The maximum absolute atomic E-state index is 12.0. The summed E-state index contributed by atoms with van der Waals surface area (Å²) in [5, 5.41) is 0.951. The summed E-state index contributed by atoms with van der Waals surface area (Å²) >= 11 is 3.40. The molecule has 1 aromatic rings. The first kappa shape index (κ1) is 16.5. The van der Waals surface area contributed by atoms with E-state index in [1.54, 1.807) is 6.07 Å². The highest BCUT2D eigenvalue weighted by Crippen LogP contribution is 2.19. The van der Waals surface area contributed by atoms with Gasteiger partial charge in [-0.05, 0) is 36.0 Å². The molecule has 0 atom stereocenters. The molecule has 0 fully saturated rings. The number of sulfonamides is 1. The Morgan fingerprint density at radius 2 is 1.95 bits per heavy atom. The zero-order chi connectivity index (χ0) is 14.5. The summed E-state index contributed by atoms with van der Waals surface area (Å²) in [6.45, 7) is 5.75. The first-order valence-electron chi connectivity index (χ1n) is 6.37. The Kier molecular flexibility index (Phi) is 5.86. The summed E-state index contributed by atoms with van der Waals surface area (Å²) < 4.78 is 26.7. The zero-order valence-electron chi connectivity index (χ0n) is 11.7. The Morgan fingerprint density at radius 1 is 1.26 bits per heavy atom. The van der Waals surface area contributed by atoms with E-state index in [2.05, 4.69) is 20.7 Å². The molecule has 0 heterocycles. The highest BCUT2D eigenvalue weighted by Gasteiger charge is 2.21. The number of aryl methyl sites for hydroxylation is 1. The molecule has 19 heavy (non-hydrogen) atoms. The van der Waals surface area contributed by atoms with E-state index in [1.165, 1.54) is 0 Å². The van der Waals surface area contributed by atoms with Crippen LogP contribution in [0.4, 0.5) is 5.69 Å². The van der Waals surface area contributed by atoms with Gasteiger partial charge in [-0.3, -0.25) is 4.72 Å². The van der Waals surface area contributed by atoms with Gasteiger partial charge in [-0.2, -0.15) is 0 Å². The Morgan fingerprint density at radius 3 is 2.53 bits per heavy atom. The Bertz CT molecular complexity index is 506. The van der Waals surface area contributed by atoms with Crippen LogP contribution in [0.5, 0.6) is 0 Å². The lowest BCUT2D eigenvalue weighted by Crippen LogP contribution is -2.26. The number of anilines is 1. The summed E-state index contributed by atoms with van der Waals surface area (Å²) in [4.78, 5) is 0. The van der Waals surface area contributed by atoms with Crippen LogP contribution >= 0.6 is 15.9 Å². The highest BCUT2D eigenvalue weighted by molar-refractivity contribution is 9.09. The van der Waals surface area contributed by atoms with Crippen LogP contribution in [0, 0.1) is 5.41 Å². The molecule has 0 radical (unpaired) electrons. The van der Waals surface area contributed by atoms with Crippen molar-refractivity contribution in [2.45, 2.75) is 33.6 Å². The van der Waals surface area contributed by atoms with Gasteiger partial charge in [-0.1, -0.05) is 48.8 Å². The quantitative estimate of drug-likeness (QED) is 0.795. The molecule has 0 aliphatic heterocycles. The minimum Gasteiger partial charge on any atom is -0.284 e. The van der Waals surface area contributed by atoms with Gasteiger partial charge >= 0.3 is 0 Å². The van der Waals surface area contributed by atoms with Gasteiger partial charge in [0.25, 0.3) is 0 Å². The van der Waals surface area contributed by atoms with E-state index in [4.69, 9.17) is 0 Å². The van der Waals surface area contributed by atoms with Crippen LogP contribution in [0.25, 0.3) is 0 Å². The molecule has 1 N–H and O–H groups in total. The van der Waals surface area contributed by atoms with Gasteiger partial charge in [0.2, 0.25) is 10.0 Å². The second-order valence-corrected chi connectivity index (χ2v) is 8.43. The van der Waals surface area contributed by atoms with Crippen molar-refractivity contribution in [1.82, 2.24) is 0 Å². The molecule has 0 aliphatic rings. The van der Waals surface area contributed by atoms with Crippen LogP contribution < -0.4 is 4.72 Å². The van der Waals surface area contributed by atoms with Crippen molar-refractivity contribution < 1.29 is 8.42 Å². The Balaban J connectivity index is 2.76. The summed E-state index contributed by atoms with van der Waals surface area (Å²) in [6, 6.07) is 7.60. The number of hydrogen-bond acceptors (Lipinski definition) is 2. The Hall–Kier alpha value is -0.550. The number of benzene rings is 1. The maximum atomic E-state index is 12.0. The van der Waals surface area contributed by atoms with Crippen molar-refractivity contribution in [2.75, 3.05) is 15.8 Å². The molecule has 0 saturated carbocycles. The SMILES string of the molecule is CC(C)(C)CS(=O)(=O)Nc1cccc(CCCBr)c1. The van der Waals surface area contributed by atoms with E-state index in [-0.39, 0.29) is 11.2 Å². The van der Waals surface area contributed by atoms with Gasteiger partial charge in [0, 0.05) is 11.0 Å². The largest absolute Gasteiger partial charge is 0.284 e. The van der Waals surface area contributed by atoms with E-state index >= 15 is 0 Å². The van der Waals surface area contributed by atoms with E-state index in [0.29, 0.717) is 5.69 Å². The summed E-state index contributed by atoms with van der Waals surface area (Å²) in [5.74, 6) is 0.117. The van der Waals surface area contributed by atoms with E-state index in [0.717, 1.165) is 23.7 Å². The molecule has 0 saturated heterocycles. The van der Waals surface area contributed by atoms with Crippen LogP contribution in [-0.2, 0) is 16.4 Å². The third kappa shape index (κ3) is 6.97. The van der Waals surface area contributed by atoms with Crippen molar-refractivity contribution in [2.24, 2.45) is 5.41 Å². The van der Waals surface area contributed by atoms with Gasteiger partial charge < -0.3 is 0 Å². The van der Waals surface area contributed by atoms with Gasteiger partial charge in [0.15, 0.2) is 0 Å². The summed E-state index contributed by atoms with van der Waals surface area (Å²) in [7, 11) is -3.29. The summed E-state index contributed by atoms with van der Waals surface area (Å²) in [6.07, 6.45) is 1.98. The number of halogens is 1. The second-order valence-electron chi connectivity index (χ2n) is 5.91. The topological polar surface area (TPSA) is 46.2 Å². The maximum Gasteiger partial charge on any atom is 0.233 e. The third-order valence-electron chi connectivity index (χ3n) is 2.42. The van der Waals surface area contributed by atoms with Crippen molar-refractivity contribution in [3.63, 3.8) is 0 Å². The van der Waals surface area contributed by atoms with Gasteiger partial charge in [0.05, 0.1) is 5.75 Å². The normalized spacial score (nSPS) is 12.4. The Labute approximate surface area is 125 Å².